The summed E-state index contributed by atoms with van der Waals surface area (Å²) in [4.78, 5) is 12.5. The number of unbranched alkanes of at least 4 members (excludes halogenated alkanes) is 1. The van der Waals surface area contributed by atoms with Gasteiger partial charge >= 0.3 is 5.97 Å². The topological polar surface area (TPSA) is 49.8 Å². The van der Waals surface area contributed by atoms with E-state index in [9.17, 15) is 4.79 Å². The molecule has 0 saturated heterocycles. The molecule has 0 aliphatic rings. The van der Waals surface area contributed by atoms with Gasteiger partial charge in [-0.2, -0.15) is 0 Å². The molecule has 5 heteroatoms. The quantitative estimate of drug-likeness (QED) is 0.707. The van der Waals surface area contributed by atoms with Crippen LogP contribution < -0.4 is 4.74 Å². The van der Waals surface area contributed by atoms with E-state index in [0.29, 0.717) is 6.61 Å². The number of halogens is 1. The first-order chi connectivity index (χ1) is 9.08. The van der Waals surface area contributed by atoms with Gasteiger partial charge in [-0.25, -0.2) is 0 Å². The predicted octanol–water partition coefficient (Wildman–Crippen LogP) is 3.01. The molecule has 1 aromatic carbocycles. The minimum absolute atomic E-state index is 0.253. The first-order valence-corrected chi connectivity index (χ1v) is 7.16. The van der Waals surface area contributed by atoms with Crippen molar-refractivity contribution >= 4 is 21.9 Å². The van der Waals surface area contributed by atoms with E-state index in [-0.39, 0.29) is 6.42 Å². The Morgan fingerprint density at radius 3 is 2.58 bits per heavy atom. The number of hydrogen-bond acceptors (Lipinski definition) is 3. The lowest BCUT2D eigenvalue weighted by molar-refractivity contribution is -0.137. The minimum atomic E-state index is -0.721. The summed E-state index contributed by atoms with van der Waals surface area (Å²) in [5.74, 6) is 0.142. The fraction of sp³-hybridized carbons (Fsp3) is 0.500. The Morgan fingerprint density at radius 1 is 1.26 bits per heavy atom. The normalized spacial score (nSPS) is 10.7. The van der Waals surface area contributed by atoms with Gasteiger partial charge in [0.25, 0.3) is 0 Å². The third-order valence-electron chi connectivity index (χ3n) is 2.74. The molecule has 1 rings (SSSR count). The standard InChI is InChI=1S/C14H20BrNO3/c1-16(9-3-2-4-14(17)18)10-11-19-13-7-5-12(15)6-8-13/h5-8H,2-4,9-11H2,1H3,(H,17,18). The second-order valence-electron chi connectivity index (χ2n) is 4.46. The number of benzene rings is 1. The van der Waals surface area contributed by atoms with Crippen LogP contribution in [0.25, 0.3) is 0 Å². The Balaban J connectivity index is 2.08. The molecule has 0 aliphatic heterocycles. The summed E-state index contributed by atoms with van der Waals surface area (Å²) >= 11 is 3.38. The molecule has 0 spiro atoms. The molecular formula is C14H20BrNO3. The number of carboxylic acid groups (broad SMARTS) is 1. The van der Waals surface area contributed by atoms with Gasteiger partial charge in [0.05, 0.1) is 0 Å². The zero-order valence-electron chi connectivity index (χ0n) is 11.1. The van der Waals surface area contributed by atoms with Crippen LogP contribution in [0.2, 0.25) is 0 Å². The SMILES string of the molecule is CN(CCCCC(=O)O)CCOc1ccc(Br)cc1. The molecule has 0 unspecified atom stereocenters. The highest BCUT2D eigenvalue weighted by atomic mass is 79.9. The maximum absolute atomic E-state index is 10.4. The molecule has 0 amide bonds. The fourth-order valence-electron chi connectivity index (χ4n) is 1.62. The van der Waals surface area contributed by atoms with Gasteiger partial charge in [0.15, 0.2) is 0 Å². The van der Waals surface area contributed by atoms with Gasteiger partial charge in [0.1, 0.15) is 12.4 Å². The highest BCUT2D eigenvalue weighted by Crippen LogP contribution is 2.15. The molecule has 0 heterocycles. The third kappa shape index (κ3) is 7.85. The summed E-state index contributed by atoms with van der Waals surface area (Å²) in [6, 6.07) is 7.75. The second-order valence-corrected chi connectivity index (χ2v) is 5.37. The van der Waals surface area contributed by atoms with Crippen LogP contribution in [0, 0.1) is 0 Å². The van der Waals surface area contributed by atoms with E-state index in [2.05, 4.69) is 20.8 Å². The van der Waals surface area contributed by atoms with Crippen LogP contribution in [-0.2, 0) is 4.79 Å². The third-order valence-corrected chi connectivity index (χ3v) is 3.26. The number of likely N-dealkylation sites (N-methyl/N-ethyl adjacent to an activating group) is 1. The number of hydrogen-bond donors (Lipinski definition) is 1. The average Bonchev–Trinajstić information content (AvgIpc) is 2.37. The van der Waals surface area contributed by atoms with Gasteiger partial charge in [-0.1, -0.05) is 15.9 Å². The Hall–Kier alpha value is -1.07. The summed E-state index contributed by atoms with van der Waals surface area (Å²) in [5.41, 5.74) is 0. The molecule has 1 N–H and O–H groups in total. The van der Waals surface area contributed by atoms with Crippen molar-refractivity contribution in [1.82, 2.24) is 4.90 Å². The fourth-order valence-corrected chi connectivity index (χ4v) is 1.88. The molecule has 1 aromatic rings. The van der Waals surface area contributed by atoms with Crippen molar-refractivity contribution in [3.63, 3.8) is 0 Å². The molecule has 0 bridgehead atoms. The maximum Gasteiger partial charge on any atom is 0.303 e. The van der Waals surface area contributed by atoms with Crippen molar-refractivity contribution in [2.45, 2.75) is 19.3 Å². The molecule has 0 atom stereocenters. The lowest BCUT2D eigenvalue weighted by Crippen LogP contribution is -2.25. The smallest absolute Gasteiger partial charge is 0.303 e. The van der Waals surface area contributed by atoms with Crippen molar-refractivity contribution in [1.29, 1.82) is 0 Å². The number of carboxylic acids is 1. The van der Waals surface area contributed by atoms with Crippen molar-refractivity contribution in [3.8, 4) is 5.75 Å². The van der Waals surface area contributed by atoms with E-state index < -0.39 is 5.97 Å². The lowest BCUT2D eigenvalue weighted by Gasteiger charge is -2.16. The number of nitrogens with zero attached hydrogens (tertiary/aromatic N) is 1. The van der Waals surface area contributed by atoms with Crippen LogP contribution in [0.5, 0.6) is 5.75 Å². The highest BCUT2D eigenvalue weighted by molar-refractivity contribution is 9.10. The van der Waals surface area contributed by atoms with Gasteiger partial charge < -0.3 is 14.7 Å². The zero-order chi connectivity index (χ0) is 14.1. The average molecular weight is 330 g/mol. The van der Waals surface area contributed by atoms with Gasteiger partial charge in [0, 0.05) is 17.4 Å². The molecule has 0 aromatic heterocycles. The van der Waals surface area contributed by atoms with Crippen LogP contribution in [0.1, 0.15) is 19.3 Å². The second kappa shape index (κ2) is 8.93. The number of rotatable bonds is 9. The molecule has 0 fully saturated rings. The van der Waals surface area contributed by atoms with Crippen LogP contribution in [0.4, 0.5) is 0 Å². The number of carbonyl (C=O) groups is 1. The van der Waals surface area contributed by atoms with Gasteiger partial charge in [-0.15, -0.1) is 0 Å². The highest BCUT2D eigenvalue weighted by Gasteiger charge is 2.01. The molecule has 0 radical (unpaired) electrons. The maximum atomic E-state index is 10.4. The summed E-state index contributed by atoms with van der Waals surface area (Å²) in [6.07, 6.45) is 1.89. The van der Waals surface area contributed by atoms with Crippen molar-refractivity contribution in [3.05, 3.63) is 28.7 Å². The van der Waals surface area contributed by atoms with Gasteiger partial charge in [-0.3, -0.25) is 4.79 Å². The van der Waals surface area contributed by atoms with E-state index in [1.165, 1.54) is 0 Å². The zero-order valence-corrected chi connectivity index (χ0v) is 12.7. The van der Waals surface area contributed by atoms with Crippen LogP contribution >= 0.6 is 15.9 Å². The Bertz CT molecular complexity index is 381. The van der Waals surface area contributed by atoms with Crippen LogP contribution in [-0.4, -0.2) is 42.7 Å². The number of aliphatic carboxylic acids is 1. The van der Waals surface area contributed by atoms with E-state index in [1.54, 1.807) is 0 Å². The molecule has 106 valence electrons. The summed E-state index contributed by atoms with van der Waals surface area (Å²) in [6.45, 7) is 2.37. The monoisotopic (exact) mass is 329 g/mol. The first kappa shape index (κ1) is 16.0. The Morgan fingerprint density at radius 2 is 1.95 bits per heavy atom. The van der Waals surface area contributed by atoms with E-state index in [4.69, 9.17) is 9.84 Å². The minimum Gasteiger partial charge on any atom is -0.492 e. The summed E-state index contributed by atoms with van der Waals surface area (Å²) < 4.78 is 6.66. The van der Waals surface area contributed by atoms with Crippen molar-refractivity contribution in [2.24, 2.45) is 0 Å². The molecule has 19 heavy (non-hydrogen) atoms. The van der Waals surface area contributed by atoms with E-state index in [0.717, 1.165) is 36.2 Å². The molecule has 0 aliphatic carbocycles. The largest absolute Gasteiger partial charge is 0.492 e. The van der Waals surface area contributed by atoms with E-state index >= 15 is 0 Å². The van der Waals surface area contributed by atoms with Crippen molar-refractivity contribution in [2.75, 3.05) is 26.7 Å². The number of ether oxygens (including phenoxy) is 1. The van der Waals surface area contributed by atoms with Crippen molar-refractivity contribution < 1.29 is 14.6 Å². The van der Waals surface area contributed by atoms with Crippen LogP contribution in [0.15, 0.2) is 28.7 Å². The first-order valence-electron chi connectivity index (χ1n) is 6.36. The lowest BCUT2D eigenvalue weighted by atomic mass is 10.2. The Labute approximate surface area is 122 Å². The van der Waals surface area contributed by atoms with Gasteiger partial charge in [-0.05, 0) is 50.7 Å². The summed E-state index contributed by atoms with van der Waals surface area (Å²) in [5, 5.41) is 8.53. The summed E-state index contributed by atoms with van der Waals surface area (Å²) in [7, 11) is 2.02. The van der Waals surface area contributed by atoms with Crippen LogP contribution in [0.3, 0.4) is 0 Å². The predicted molar refractivity (Wildman–Crippen MR) is 78.6 cm³/mol. The van der Waals surface area contributed by atoms with Gasteiger partial charge in [0.2, 0.25) is 0 Å². The Kier molecular flexibility index (Phi) is 7.52. The molecule has 4 nitrogen and oxygen atoms in total. The molecular weight excluding hydrogens is 310 g/mol. The van der Waals surface area contributed by atoms with E-state index in [1.807, 2.05) is 31.3 Å². The molecule has 0 saturated carbocycles.